The van der Waals surface area contributed by atoms with Crippen LogP contribution in [0.1, 0.15) is 12.8 Å². The maximum absolute atomic E-state index is 11.5. The summed E-state index contributed by atoms with van der Waals surface area (Å²) < 4.78 is 4.74. The molecular formula is C16H18ClN3O2. The molecule has 6 heteroatoms. The number of hydrogen-bond acceptors (Lipinski definition) is 4. The summed E-state index contributed by atoms with van der Waals surface area (Å²) in [6.45, 7) is 1.37. The number of pyridine rings is 1. The summed E-state index contributed by atoms with van der Waals surface area (Å²) >= 11 is 6.24. The van der Waals surface area contributed by atoms with Crippen LogP contribution in [0.5, 0.6) is 0 Å². The quantitative estimate of drug-likeness (QED) is 0.860. The van der Waals surface area contributed by atoms with Crippen molar-refractivity contribution in [1.82, 2.24) is 9.88 Å². The number of hydrogen-bond donors (Lipinski definition) is 1. The van der Waals surface area contributed by atoms with Crippen molar-refractivity contribution < 1.29 is 9.53 Å². The zero-order valence-electron chi connectivity index (χ0n) is 12.4. The summed E-state index contributed by atoms with van der Waals surface area (Å²) in [5, 5.41) is 5.94. The van der Waals surface area contributed by atoms with E-state index in [-0.39, 0.29) is 12.1 Å². The molecule has 0 radical (unpaired) electrons. The number of likely N-dealkylation sites (tertiary alicyclic amines) is 1. The molecule has 0 unspecified atom stereocenters. The van der Waals surface area contributed by atoms with Gasteiger partial charge in [0, 0.05) is 24.5 Å². The van der Waals surface area contributed by atoms with E-state index in [1.165, 1.54) is 7.11 Å². The first-order valence-corrected chi connectivity index (χ1v) is 7.70. The van der Waals surface area contributed by atoms with E-state index in [1.807, 2.05) is 30.3 Å². The zero-order chi connectivity index (χ0) is 15.5. The first-order chi connectivity index (χ1) is 10.7. The Balaban J connectivity index is 1.68. The van der Waals surface area contributed by atoms with Gasteiger partial charge in [-0.05, 0) is 24.3 Å². The molecule has 1 saturated heterocycles. The third-order valence-corrected chi connectivity index (χ3v) is 4.26. The summed E-state index contributed by atoms with van der Waals surface area (Å²) in [7, 11) is 1.41. The minimum atomic E-state index is -0.259. The van der Waals surface area contributed by atoms with E-state index in [0.717, 1.165) is 29.4 Å². The number of halogens is 1. The lowest BCUT2D eigenvalue weighted by molar-refractivity contribution is 0.113. The van der Waals surface area contributed by atoms with Crippen LogP contribution in [0.15, 0.2) is 30.3 Å². The monoisotopic (exact) mass is 319 g/mol. The highest BCUT2D eigenvalue weighted by atomic mass is 35.5. The van der Waals surface area contributed by atoms with Crippen LogP contribution in [0.3, 0.4) is 0 Å². The minimum Gasteiger partial charge on any atom is -0.453 e. The minimum absolute atomic E-state index is 0.259. The third-order valence-electron chi connectivity index (χ3n) is 3.97. The van der Waals surface area contributed by atoms with Crippen LogP contribution in [0.4, 0.5) is 10.6 Å². The highest BCUT2D eigenvalue weighted by Gasteiger charge is 2.23. The molecule has 5 nitrogen and oxygen atoms in total. The molecule has 1 aliphatic rings. The topological polar surface area (TPSA) is 54.5 Å². The van der Waals surface area contributed by atoms with Crippen LogP contribution in [0.2, 0.25) is 5.15 Å². The van der Waals surface area contributed by atoms with Gasteiger partial charge >= 0.3 is 6.09 Å². The molecule has 0 spiro atoms. The standard InChI is InChI=1S/C16H18ClN3O2/c1-22-16(21)20-8-6-12(7-9-20)18-14-10-11-4-2-3-5-13(11)15(17)19-14/h2-5,10,12H,6-9H2,1H3,(H,18,19). The third kappa shape index (κ3) is 3.09. The lowest BCUT2D eigenvalue weighted by Gasteiger charge is -2.31. The lowest BCUT2D eigenvalue weighted by atomic mass is 10.1. The predicted octanol–water partition coefficient (Wildman–Crippen LogP) is 3.53. The second-order valence-electron chi connectivity index (χ2n) is 5.40. The van der Waals surface area contributed by atoms with E-state index >= 15 is 0 Å². The second kappa shape index (κ2) is 6.40. The van der Waals surface area contributed by atoms with Crippen molar-refractivity contribution in [3.63, 3.8) is 0 Å². The number of fused-ring (bicyclic) bond motifs is 1. The van der Waals surface area contributed by atoms with Crippen molar-refractivity contribution in [3.05, 3.63) is 35.5 Å². The fraction of sp³-hybridized carbons (Fsp3) is 0.375. The number of rotatable bonds is 2. The van der Waals surface area contributed by atoms with Gasteiger partial charge in [-0.3, -0.25) is 0 Å². The molecular weight excluding hydrogens is 302 g/mol. The average Bonchev–Trinajstić information content (AvgIpc) is 2.55. The Morgan fingerprint density at radius 1 is 1.36 bits per heavy atom. The van der Waals surface area contributed by atoms with Crippen molar-refractivity contribution >= 4 is 34.3 Å². The Labute approximate surface area is 134 Å². The van der Waals surface area contributed by atoms with E-state index in [1.54, 1.807) is 4.90 Å². The second-order valence-corrected chi connectivity index (χ2v) is 5.75. The van der Waals surface area contributed by atoms with Gasteiger partial charge in [0.05, 0.1) is 7.11 Å². The van der Waals surface area contributed by atoms with Gasteiger partial charge in [-0.2, -0.15) is 0 Å². The number of nitrogens with zero attached hydrogens (tertiary/aromatic N) is 2. The number of anilines is 1. The number of ether oxygens (including phenoxy) is 1. The Morgan fingerprint density at radius 2 is 2.09 bits per heavy atom. The number of aromatic nitrogens is 1. The van der Waals surface area contributed by atoms with Crippen molar-refractivity contribution in [2.45, 2.75) is 18.9 Å². The molecule has 0 saturated carbocycles. The maximum Gasteiger partial charge on any atom is 0.409 e. The Kier molecular flexibility index (Phi) is 4.34. The van der Waals surface area contributed by atoms with Gasteiger partial charge in [0.1, 0.15) is 11.0 Å². The number of carbonyl (C=O) groups excluding carboxylic acids is 1. The molecule has 1 fully saturated rings. The van der Waals surface area contributed by atoms with Crippen LogP contribution in [-0.4, -0.2) is 42.2 Å². The average molecular weight is 320 g/mol. The summed E-state index contributed by atoms with van der Waals surface area (Å²) in [5.41, 5.74) is 0. The van der Waals surface area contributed by atoms with E-state index in [2.05, 4.69) is 10.3 Å². The fourth-order valence-electron chi connectivity index (χ4n) is 2.77. The normalized spacial score (nSPS) is 15.8. The van der Waals surface area contributed by atoms with E-state index in [0.29, 0.717) is 18.2 Å². The van der Waals surface area contributed by atoms with Gasteiger partial charge in [0.15, 0.2) is 0 Å². The van der Waals surface area contributed by atoms with Crippen LogP contribution >= 0.6 is 11.6 Å². The van der Waals surface area contributed by atoms with Gasteiger partial charge in [-0.25, -0.2) is 9.78 Å². The summed E-state index contributed by atoms with van der Waals surface area (Å²) in [4.78, 5) is 17.6. The first-order valence-electron chi connectivity index (χ1n) is 7.32. The molecule has 2 aromatic rings. The first kappa shape index (κ1) is 14.9. The molecule has 116 valence electrons. The van der Waals surface area contributed by atoms with Crippen molar-refractivity contribution in [1.29, 1.82) is 0 Å². The van der Waals surface area contributed by atoms with E-state index in [4.69, 9.17) is 16.3 Å². The van der Waals surface area contributed by atoms with Crippen LogP contribution < -0.4 is 5.32 Å². The summed E-state index contributed by atoms with van der Waals surface area (Å²) in [5.74, 6) is 0.778. The molecule has 2 heterocycles. The summed E-state index contributed by atoms with van der Waals surface area (Å²) in [6, 6.07) is 10.2. The molecule has 1 aromatic carbocycles. The number of benzene rings is 1. The molecule has 1 aromatic heterocycles. The molecule has 22 heavy (non-hydrogen) atoms. The lowest BCUT2D eigenvalue weighted by Crippen LogP contribution is -2.42. The van der Waals surface area contributed by atoms with E-state index in [9.17, 15) is 4.79 Å². The van der Waals surface area contributed by atoms with E-state index < -0.39 is 0 Å². The number of piperidine rings is 1. The van der Waals surface area contributed by atoms with Gasteiger partial charge in [-0.1, -0.05) is 35.9 Å². The van der Waals surface area contributed by atoms with Gasteiger partial charge < -0.3 is 15.0 Å². The van der Waals surface area contributed by atoms with Crippen molar-refractivity contribution in [2.24, 2.45) is 0 Å². The van der Waals surface area contributed by atoms with Crippen LogP contribution in [0, 0.1) is 0 Å². The van der Waals surface area contributed by atoms with Crippen molar-refractivity contribution in [3.8, 4) is 0 Å². The molecule has 1 aliphatic heterocycles. The molecule has 1 N–H and O–H groups in total. The predicted molar refractivity (Wildman–Crippen MR) is 87.4 cm³/mol. The van der Waals surface area contributed by atoms with Crippen LogP contribution in [-0.2, 0) is 4.74 Å². The summed E-state index contributed by atoms with van der Waals surface area (Å²) in [6.07, 6.45) is 1.47. The number of nitrogens with one attached hydrogen (secondary N) is 1. The molecule has 0 atom stereocenters. The SMILES string of the molecule is COC(=O)N1CCC(Nc2cc3ccccc3c(Cl)n2)CC1. The number of methoxy groups -OCH3 is 1. The highest BCUT2D eigenvalue weighted by Crippen LogP contribution is 2.25. The molecule has 0 bridgehead atoms. The Hall–Kier alpha value is -2.01. The van der Waals surface area contributed by atoms with Gasteiger partial charge in [-0.15, -0.1) is 0 Å². The number of amides is 1. The zero-order valence-corrected chi connectivity index (χ0v) is 13.1. The highest BCUT2D eigenvalue weighted by molar-refractivity contribution is 6.34. The smallest absolute Gasteiger partial charge is 0.409 e. The Morgan fingerprint density at radius 3 is 2.82 bits per heavy atom. The molecule has 0 aliphatic carbocycles. The maximum atomic E-state index is 11.5. The van der Waals surface area contributed by atoms with Gasteiger partial charge in [0.25, 0.3) is 0 Å². The number of carbonyl (C=O) groups is 1. The van der Waals surface area contributed by atoms with Crippen LogP contribution in [0.25, 0.3) is 10.8 Å². The molecule has 3 rings (SSSR count). The largest absolute Gasteiger partial charge is 0.453 e. The van der Waals surface area contributed by atoms with Crippen molar-refractivity contribution in [2.75, 3.05) is 25.5 Å². The fourth-order valence-corrected chi connectivity index (χ4v) is 3.04. The van der Waals surface area contributed by atoms with Gasteiger partial charge in [0.2, 0.25) is 0 Å². The Bertz CT molecular complexity index is 684. The molecule has 1 amide bonds.